The number of nitrogens with two attached hydrogens (primary N) is 1. The van der Waals surface area contributed by atoms with Crippen LogP contribution in [0.3, 0.4) is 0 Å². The van der Waals surface area contributed by atoms with Crippen LogP contribution in [-0.2, 0) is 11.2 Å². The van der Waals surface area contributed by atoms with E-state index < -0.39 is 0 Å². The van der Waals surface area contributed by atoms with Crippen molar-refractivity contribution < 1.29 is 9.53 Å². The molecule has 3 aromatic rings. The fraction of sp³-hybridized carbons (Fsp3) is 0.167. The molecular formula is C18H19N3O2. The van der Waals surface area contributed by atoms with Crippen LogP contribution < -0.4 is 15.8 Å². The number of nitrogen functional groups attached to an aromatic ring is 1. The maximum atomic E-state index is 11.2. The molecular weight excluding hydrogens is 290 g/mol. The van der Waals surface area contributed by atoms with Crippen molar-refractivity contribution in [1.29, 1.82) is 0 Å². The first kappa shape index (κ1) is 15.0. The van der Waals surface area contributed by atoms with Crippen molar-refractivity contribution in [3.05, 3.63) is 54.2 Å². The Kier molecular flexibility index (Phi) is 4.19. The molecule has 0 aliphatic carbocycles. The van der Waals surface area contributed by atoms with Gasteiger partial charge in [-0.3, -0.25) is 4.79 Å². The predicted octanol–water partition coefficient (Wildman–Crippen LogP) is 3.33. The van der Waals surface area contributed by atoms with Crippen LogP contribution in [0.1, 0.15) is 12.5 Å². The lowest BCUT2D eigenvalue weighted by molar-refractivity contribution is -0.114. The third-order valence-electron chi connectivity index (χ3n) is 3.60. The van der Waals surface area contributed by atoms with Gasteiger partial charge in [-0.15, -0.1) is 0 Å². The summed E-state index contributed by atoms with van der Waals surface area (Å²) in [4.78, 5) is 14.4. The molecule has 5 heteroatoms. The highest BCUT2D eigenvalue weighted by Gasteiger charge is 2.06. The fourth-order valence-electron chi connectivity index (χ4n) is 2.47. The number of hydrogen-bond acceptors (Lipinski definition) is 3. The number of ether oxygens (including phenoxy) is 1. The van der Waals surface area contributed by atoms with E-state index in [1.54, 1.807) is 6.20 Å². The molecule has 0 radical (unpaired) electrons. The second-order valence-electron chi connectivity index (χ2n) is 5.43. The Labute approximate surface area is 134 Å². The van der Waals surface area contributed by atoms with E-state index in [9.17, 15) is 4.79 Å². The van der Waals surface area contributed by atoms with Gasteiger partial charge in [0, 0.05) is 36.1 Å². The zero-order valence-electron chi connectivity index (χ0n) is 12.9. The normalized spacial score (nSPS) is 10.7. The van der Waals surface area contributed by atoms with Gasteiger partial charge in [-0.25, -0.2) is 0 Å². The predicted molar refractivity (Wildman–Crippen MR) is 92.7 cm³/mol. The summed E-state index contributed by atoms with van der Waals surface area (Å²) in [7, 11) is 0. The summed E-state index contributed by atoms with van der Waals surface area (Å²) in [5.41, 5.74) is 9.32. The molecule has 4 N–H and O–H groups in total. The minimum absolute atomic E-state index is 0.0806. The average Bonchev–Trinajstić information content (AvgIpc) is 2.91. The number of fused-ring (bicyclic) bond motifs is 1. The first-order chi connectivity index (χ1) is 11.1. The number of carbonyl (C=O) groups excluding carboxylic acids is 1. The zero-order chi connectivity index (χ0) is 16.2. The molecule has 0 saturated carbocycles. The highest BCUT2D eigenvalue weighted by molar-refractivity contribution is 6.01. The molecule has 0 aliphatic heterocycles. The van der Waals surface area contributed by atoms with Gasteiger partial charge in [0.05, 0.1) is 12.3 Å². The lowest BCUT2D eigenvalue weighted by Gasteiger charge is -2.07. The zero-order valence-corrected chi connectivity index (χ0v) is 12.9. The van der Waals surface area contributed by atoms with Gasteiger partial charge in [0.25, 0.3) is 0 Å². The number of rotatable bonds is 5. The van der Waals surface area contributed by atoms with Crippen LogP contribution in [0.15, 0.2) is 48.7 Å². The quantitative estimate of drug-likeness (QED) is 0.632. The number of hydrogen-bond donors (Lipinski definition) is 3. The van der Waals surface area contributed by atoms with Crippen molar-refractivity contribution in [3.8, 4) is 5.75 Å². The topological polar surface area (TPSA) is 80.1 Å². The first-order valence-corrected chi connectivity index (χ1v) is 7.48. The number of H-pyrrole nitrogens is 1. The molecule has 23 heavy (non-hydrogen) atoms. The van der Waals surface area contributed by atoms with Crippen LogP contribution in [0.2, 0.25) is 0 Å². The van der Waals surface area contributed by atoms with Crippen molar-refractivity contribution in [2.75, 3.05) is 17.7 Å². The Morgan fingerprint density at radius 1 is 1.22 bits per heavy atom. The summed E-state index contributed by atoms with van der Waals surface area (Å²) in [6.07, 6.45) is 2.59. The van der Waals surface area contributed by atoms with Crippen LogP contribution in [0.4, 0.5) is 11.4 Å². The third kappa shape index (κ3) is 3.63. The van der Waals surface area contributed by atoms with E-state index in [-0.39, 0.29) is 5.91 Å². The van der Waals surface area contributed by atoms with Crippen LogP contribution in [0.5, 0.6) is 5.75 Å². The molecule has 1 heterocycles. The van der Waals surface area contributed by atoms with Crippen molar-refractivity contribution in [1.82, 2.24) is 4.98 Å². The summed E-state index contributed by atoms with van der Waals surface area (Å²) in [5, 5.41) is 3.83. The van der Waals surface area contributed by atoms with Gasteiger partial charge in [-0.2, -0.15) is 0 Å². The van der Waals surface area contributed by atoms with E-state index in [0.29, 0.717) is 6.61 Å². The second kappa shape index (κ2) is 6.44. The molecule has 0 saturated heterocycles. The molecule has 0 bridgehead atoms. The monoisotopic (exact) mass is 309 g/mol. The van der Waals surface area contributed by atoms with Gasteiger partial charge < -0.3 is 20.8 Å². The third-order valence-corrected chi connectivity index (χ3v) is 3.60. The molecule has 2 aromatic carbocycles. The van der Waals surface area contributed by atoms with Crippen molar-refractivity contribution in [2.45, 2.75) is 13.3 Å². The minimum Gasteiger partial charge on any atom is -0.493 e. The molecule has 1 amide bonds. The maximum Gasteiger partial charge on any atom is 0.221 e. The molecule has 0 aliphatic rings. The smallest absolute Gasteiger partial charge is 0.221 e. The molecule has 5 nitrogen and oxygen atoms in total. The number of aromatic nitrogens is 1. The summed E-state index contributed by atoms with van der Waals surface area (Å²) < 4.78 is 5.72. The van der Waals surface area contributed by atoms with E-state index >= 15 is 0 Å². The van der Waals surface area contributed by atoms with Gasteiger partial charge in [0.15, 0.2) is 0 Å². The lowest BCUT2D eigenvalue weighted by atomic mass is 10.1. The number of aromatic amines is 1. The SMILES string of the molecule is CC(=O)Nc1c[nH]c2ccc(CCOc3ccc(N)cc3)cc12. The Morgan fingerprint density at radius 3 is 2.74 bits per heavy atom. The van der Waals surface area contributed by atoms with Crippen LogP contribution >= 0.6 is 0 Å². The van der Waals surface area contributed by atoms with E-state index in [1.165, 1.54) is 6.92 Å². The number of carbonyl (C=O) groups is 1. The average molecular weight is 309 g/mol. The standard InChI is InChI=1S/C18H19N3O2/c1-12(22)21-18-11-20-17-7-2-13(10-16(17)18)8-9-23-15-5-3-14(19)4-6-15/h2-7,10-11,20H,8-9,19H2,1H3,(H,21,22). The fourth-order valence-corrected chi connectivity index (χ4v) is 2.47. The molecule has 0 spiro atoms. The Balaban J connectivity index is 1.67. The molecule has 0 unspecified atom stereocenters. The lowest BCUT2D eigenvalue weighted by Crippen LogP contribution is -2.05. The summed E-state index contributed by atoms with van der Waals surface area (Å²) in [5.74, 6) is 0.726. The maximum absolute atomic E-state index is 11.2. The Hall–Kier alpha value is -2.95. The molecule has 1 aromatic heterocycles. The molecule has 3 rings (SSSR count). The van der Waals surface area contributed by atoms with Crippen LogP contribution in [0, 0.1) is 0 Å². The van der Waals surface area contributed by atoms with Gasteiger partial charge >= 0.3 is 0 Å². The Morgan fingerprint density at radius 2 is 2.00 bits per heavy atom. The van der Waals surface area contributed by atoms with Crippen LogP contribution in [0.25, 0.3) is 10.9 Å². The van der Waals surface area contributed by atoms with Gasteiger partial charge in [-0.1, -0.05) is 6.07 Å². The number of benzene rings is 2. The minimum atomic E-state index is -0.0806. The van der Waals surface area contributed by atoms with E-state index in [0.717, 1.165) is 40.0 Å². The van der Waals surface area contributed by atoms with Gasteiger partial charge in [-0.05, 0) is 42.0 Å². The number of amides is 1. The molecule has 0 fully saturated rings. The van der Waals surface area contributed by atoms with Gasteiger partial charge in [0.2, 0.25) is 5.91 Å². The molecule has 0 atom stereocenters. The highest BCUT2D eigenvalue weighted by atomic mass is 16.5. The second-order valence-corrected chi connectivity index (χ2v) is 5.43. The molecule has 118 valence electrons. The van der Waals surface area contributed by atoms with E-state index in [1.807, 2.05) is 30.3 Å². The first-order valence-electron chi connectivity index (χ1n) is 7.48. The summed E-state index contributed by atoms with van der Waals surface area (Å²) in [6.45, 7) is 2.08. The van der Waals surface area contributed by atoms with Crippen molar-refractivity contribution in [3.63, 3.8) is 0 Å². The highest BCUT2D eigenvalue weighted by Crippen LogP contribution is 2.24. The van der Waals surface area contributed by atoms with E-state index in [4.69, 9.17) is 10.5 Å². The van der Waals surface area contributed by atoms with Crippen LogP contribution in [-0.4, -0.2) is 17.5 Å². The number of nitrogens with one attached hydrogen (secondary N) is 2. The van der Waals surface area contributed by atoms with E-state index in [2.05, 4.69) is 22.4 Å². The summed E-state index contributed by atoms with van der Waals surface area (Å²) in [6, 6.07) is 13.5. The largest absolute Gasteiger partial charge is 0.493 e. The van der Waals surface area contributed by atoms with Crippen molar-refractivity contribution >= 4 is 28.2 Å². The van der Waals surface area contributed by atoms with Crippen molar-refractivity contribution in [2.24, 2.45) is 0 Å². The Bertz CT molecular complexity index is 822. The number of anilines is 2. The van der Waals surface area contributed by atoms with Gasteiger partial charge in [0.1, 0.15) is 5.75 Å². The summed E-state index contributed by atoms with van der Waals surface area (Å²) >= 11 is 0.